The number of piperazine rings is 1. The number of thiazole rings is 1. The predicted octanol–water partition coefficient (Wildman–Crippen LogP) is 4.32. The molecule has 0 bridgehead atoms. The van der Waals surface area contributed by atoms with E-state index in [1.54, 1.807) is 66.9 Å². The van der Waals surface area contributed by atoms with E-state index in [1.807, 2.05) is 35.4 Å². The number of anilines is 2. The standard InChI is InChI=1S/C32H32N7O3PS2/c1-3-29-36-30(23-8-7-9-24(20-23)37-45(41,42)26-10-5-4-6-11-26)31(44-29)27-14-15-33-32(35-27)43-25-12-13-28(34-21-25)39-18-16-38(17-19-39)22(2)40/h4-15,20-21,37,43H,3,16-19H2,1-2H3. The van der Waals surface area contributed by atoms with Crippen LogP contribution in [-0.2, 0) is 21.2 Å². The van der Waals surface area contributed by atoms with Crippen LogP contribution in [0.5, 0.6) is 0 Å². The molecule has 1 fully saturated rings. The van der Waals surface area contributed by atoms with Crippen molar-refractivity contribution in [2.24, 2.45) is 0 Å². The minimum Gasteiger partial charge on any atom is -0.353 e. The van der Waals surface area contributed by atoms with E-state index in [9.17, 15) is 13.2 Å². The third-order valence-corrected chi connectivity index (χ3v) is 11.0. The lowest BCUT2D eigenvalue weighted by molar-refractivity contribution is -0.129. The maximum absolute atomic E-state index is 12.9. The zero-order valence-electron chi connectivity index (χ0n) is 24.8. The number of carbonyl (C=O) groups is 1. The van der Waals surface area contributed by atoms with Crippen LogP contribution >= 0.6 is 19.9 Å². The van der Waals surface area contributed by atoms with Crippen molar-refractivity contribution in [3.63, 3.8) is 0 Å². The molecule has 230 valence electrons. The number of nitrogens with zero attached hydrogens (tertiary/aromatic N) is 6. The van der Waals surface area contributed by atoms with E-state index in [4.69, 9.17) is 9.97 Å². The van der Waals surface area contributed by atoms with Crippen LogP contribution in [0.4, 0.5) is 11.5 Å². The Labute approximate surface area is 268 Å². The van der Waals surface area contributed by atoms with Crippen LogP contribution in [0.2, 0.25) is 0 Å². The summed E-state index contributed by atoms with van der Waals surface area (Å²) in [5.41, 5.74) is 3.46. The van der Waals surface area contributed by atoms with E-state index in [2.05, 4.69) is 32.6 Å². The molecule has 0 radical (unpaired) electrons. The summed E-state index contributed by atoms with van der Waals surface area (Å²) >= 11 is 1.58. The number of carbonyl (C=O) groups excluding carboxylic acids is 1. The number of rotatable bonds is 9. The molecular weight excluding hydrogens is 626 g/mol. The van der Waals surface area contributed by atoms with Gasteiger partial charge in [0.1, 0.15) is 5.82 Å². The molecule has 5 aromatic rings. The Balaban J connectivity index is 1.21. The van der Waals surface area contributed by atoms with Gasteiger partial charge in [0.2, 0.25) is 5.91 Å². The molecule has 10 nitrogen and oxygen atoms in total. The maximum atomic E-state index is 12.9. The lowest BCUT2D eigenvalue weighted by Gasteiger charge is -2.34. The molecule has 1 amide bonds. The van der Waals surface area contributed by atoms with Gasteiger partial charge in [-0.15, -0.1) is 11.3 Å². The highest BCUT2D eigenvalue weighted by atomic mass is 32.2. The SMILES string of the molecule is CCc1nc(-c2cccc(NS(=O)(=O)c3ccccc3)c2)c(-c2ccnc(Pc3ccc(N4CCN(C(C)=O)CC4)nc3)n2)s1. The molecule has 0 aliphatic carbocycles. The van der Waals surface area contributed by atoms with Crippen LogP contribution in [0.1, 0.15) is 18.9 Å². The van der Waals surface area contributed by atoms with Gasteiger partial charge >= 0.3 is 0 Å². The molecule has 1 N–H and O–H groups in total. The third-order valence-electron chi connectivity index (χ3n) is 7.36. The molecule has 1 aliphatic rings. The number of nitrogens with one attached hydrogen (secondary N) is 1. The molecule has 6 rings (SSSR count). The van der Waals surface area contributed by atoms with Gasteiger partial charge < -0.3 is 9.80 Å². The molecule has 1 atom stereocenters. The summed E-state index contributed by atoms with van der Waals surface area (Å²) in [4.78, 5) is 35.8. The Bertz CT molecular complexity index is 1910. The second-order valence-corrected chi connectivity index (χ2v) is 14.5. The predicted molar refractivity (Wildman–Crippen MR) is 181 cm³/mol. The molecule has 1 saturated heterocycles. The van der Waals surface area contributed by atoms with Gasteiger partial charge in [0.15, 0.2) is 5.57 Å². The minimum atomic E-state index is -3.73. The lowest BCUT2D eigenvalue weighted by atomic mass is 10.1. The first kappa shape index (κ1) is 30.8. The van der Waals surface area contributed by atoms with Crippen LogP contribution in [0.3, 0.4) is 0 Å². The summed E-state index contributed by atoms with van der Waals surface area (Å²) in [6.45, 7) is 6.60. The topological polar surface area (TPSA) is 121 Å². The van der Waals surface area contributed by atoms with E-state index < -0.39 is 10.0 Å². The quantitative estimate of drug-likeness (QED) is 0.233. The van der Waals surface area contributed by atoms with E-state index in [0.717, 1.165) is 57.5 Å². The van der Waals surface area contributed by atoms with Gasteiger partial charge in [0.25, 0.3) is 10.0 Å². The maximum Gasteiger partial charge on any atom is 0.261 e. The van der Waals surface area contributed by atoms with E-state index in [1.165, 1.54) is 0 Å². The Morgan fingerprint density at radius 1 is 0.956 bits per heavy atom. The number of pyridine rings is 1. The highest BCUT2D eigenvalue weighted by molar-refractivity contribution is 7.92. The molecule has 1 aliphatic heterocycles. The zero-order chi connectivity index (χ0) is 31.4. The smallest absolute Gasteiger partial charge is 0.261 e. The third kappa shape index (κ3) is 7.19. The van der Waals surface area contributed by atoms with Crippen molar-refractivity contribution >= 4 is 58.2 Å². The van der Waals surface area contributed by atoms with Gasteiger partial charge in [-0.3, -0.25) is 9.52 Å². The second-order valence-electron chi connectivity index (χ2n) is 10.4. The molecule has 1 unspecified atom stereocenters. The summed E-state index contributed by atoms with van der Waals surface area (Å²) < 4.78 is 28.6. The van der Waals surface area contributed by atoms with Crippen molar-refractivity contribution in [3.05, 3.63) is 90.2 Å². The minimum absolute atomic E-state index is 0.109. The molecule has 0 spiro atoms. The summed E-state index contributed by atoms with van der Waals surface area (Å²) in [6, 6.07) is 21.5. The van der Waals surface area contributed by atoms with Gasteiger partial charge in [0.05, 0.1) is 26.2 Å². The highest BCUT2D eigenvalue weighted by Crippen LogP contribution is 2.37. The Hall–Kier alpha value is -4.25. The second kappa shape index (κ2) is 13.4. The fraction of sp³-hybridized carbons (Fsp3) is 0.219. The highest BCUT2D eigenvalue weighted by Gasteiger charge is 2.21. The number of amides is 1. The monoisotopic (exact) mass is 657 g/mol. The average molecular weight is 658 g/mol. The Kier molecular flexibility index (Phi) is 9.16. The number of aromatic nitrogens is 4. The Morgan fingerprint density at radius 2 is 1.76 bits per heavy atom. The fourth-order valence-corrected chi connectivity index (χ4v) is 7.94. The van der Waals surface area contributed by atoms with Crippen LogP contribution in [0.15, 0.2) is 90.1 Å². The molecule has 2 aromatic carbocycles. The van der Waals surface area contributed by atoms with Crippen molar-refractivity contribution in [2.45, 2.75) is 25.2 Å². The van der Waals surface area contributed by atoms with E-state index >= 15 is 0 Å². The van der Waals surface area contributed by atoms with Crippen LogP contribution in [-0.4, -0.2) is 65.3 Å². The average Bonchev–Trinajstić information content (AvgIpc) is 3.51. The summed E-state index contributed by atoms with van der Waals surface area (Å²) in [6.07, 6.45) is 4.40. The van der Waals surface area contributed by atoms with Crippen LogP contribution in [0, 0.1) is 0 Å². The fourth-order valence-electron chi connectivity index (χ4n) is 5.00. The zero-order valence-corrected chi connectivity index (χ0v) is 27.5. The number of hydrogen-bond acceptors (Lipinski definition) is 9. The largest absolute Gasteiger partial charge is 0.353 e. The first-order chi connectivity index (χ1) is 21.8. The first-order valence-corrected chi connectivity index (χ1v) is 17.8. The molecule has 45 heavy (non-hydrogen) atoms. The number of sulfonamides is 1. The van der Waals surface area contributed by atoms with Gasteiger partial charge in [-0.2, -0.15) is 0 Å². The van der Waals surface area contributed by atoms with Gasteiger partial charge in [-0.05, 0) is 62.8 Å². The molecular formula is C32H32N7O3PS2. The summed E-state index contributed by atoms with van der Waals surface area (Å²) in [5, 5.41) is 1.98. The molecule has 3 aromatic heterocycles. The van der Waals surface area contributed by atoms with Gasteiger partial charge in [-0.25, -0.2) is 28.4 Å². The van der Waals surface area contributed by atoms with Crippen LogP contribution < -0.4 is 20.5 Å². The van der Waals surface area contributed by atoms with Gasteiger partial charge in [0, 0.05) is 56.7 Å². The van der Waals surface area contributed by atoms with E-state index in [0.29, 0.717) is 24.3 Å². The number of aryl methyl sites for hydroxylation is 1. The summed E-state index contributed by atoms with van der Waals surface area (Å²) in [5.74, 6) is 1.01. The van der Waals surface area contributed by atoms with Crippen molar-refractivity contribution in [2.75, 3.05) is 35.8 Å². The normalized spacial score (nSPS) is 13.8. The van der Waals surface area contributed by atoms with Crippen molar-refractivity contribution in [3.8, 4) is 21.8 Å². The van der Waals surface area contributed by atoms with E-state index in [-0.39, 0.29) is 19.4 Å². The molecule has 0 saturated carbocycles. The molecule has 13 heteroatoms. The van der Waals surface area contributed by atoms with Crippen LogP contribution in [0.25, 0.3) is 21.8 Å². The Morgan fingerprint density at radius 3 is 2.47 bits per heavy atom. The van der Waals surface area contributed by atoms with Crippen molar-refractivity contribution < 1.29 is 13.2 Å². The summed E-state index contributed by atoms with van der Waals surface area (Å²) in [7, 11) is -3.52. The van der Waals surface area contributed by atoms with Crippen molar-refractivity contribution in [1.29, 1.82) is 0 Å². The molecule has 4 heterocycles. The number of hydrogen-bond donors (Lipinski definition) is 1. The van der Waals surface area contributed by atoms with Crippen molar-refractivity contribution in [1.82, 2.24) is 24.8 Å². The van der Waals surface area contributed by atoms with Gasteiger partial charge in [-0.1, -0.05) is 37.3 Å². The lowest BCUT2D eigenvalue weighted by Crippen LogP contribution is -2.48. The first-order valence-electron chi connectivity index (χ1n) is 14.5. The number of benzene rings is 2.